The lowest BCUT2D eigenvalue weighted by Gasteiger charge is -2.14. The molecule has 1 heterocycles. The first kappa shape index (κ1) is 17.1. The minimum Gasteiger partial charge on any atom is -0.395 e. The van der Waals surface area contributed by atoms with Crippen LogP contribution in [0.15, 0.2) is 28.8 Å². The number of amides is 1. The molecule has 0 bridgehead atoms. The van der Waals surface area contributed by atoms with Crippen molar-refractivity contribution in [2.45, 2.75) is 32.6 Å². The maximum absolute atomic E-state index is 11.8. The number of aromatic nitrogens is 2. The molecule has 0 fully saturated rings. The van der Waals surface area contributed by atoms with Gasteiger partial charge in [0.05, 0.1) is 6.61 Å². The van der Waals surface area contributed by atoms with Gasteiger partial charge in [0.15, 0.2) is 0 Å². The monoisotopic (exact) mass is 317 g/mol. The summed E-state index contributed by atoms with van der Waals surface area (Å²) < 4.78 is 5.21. The molecule has 0 aliphatic heterocycles. The van der Waals surface area contributed by atoms with Gasteiger partial charge in [0, 0.05) is 32.0 Å². The fourth-order valence-electron chi connectivity index (χ4n) is 2.17. The van der Waals surface area contributed by atoms with Crippen LogP contribution in [-0.4, -0.2) is 46.3 Å². The van der Waals surface area contributed by atoms with Crippen LogP contribution in [0, 0.1) is 0 Å². The van der Waals surface area contributed by atoms with Gasteiger partial charge in [0.25, 0.3) is 0 Å². The van der Waals surface area contributed by atoms with E-state index in [1.54, 1.807) is 7.05 Å². The van der Waals surface area contributed by atoms with Crippen molar-refractivity contribution < 1.29 is 14.4 Å². The summed E-state index contributed by atoms with van der Waals surface area (Å²) in [7, 11) is 1.66. The third-order valence-corrected chi connectivity index (χ3v) is 3.72. The molecule has 6 heteroatoms. The van der Waals surface area contributed by atoms with Crippen LogP contribution < -0.4 is 0 Å². The molecule has 2 rings (SSSR count). The van der Waals surface area contributed by atoms with Crippen LogP contribution in [0.1, 0.15) is 37.6 Å². The maximum atomic E-state index is 11.8. The minimum absolute atomic E-state index is 0.0423. The van der Waals surface area contributed by atoms with Crippen LogP contribution in [0.4, 0.5) is 0 Å². The standard InChI is InChI=1S/C17H23N3O3/c1-12(2)13-4-6-14(7-5-13)17-18-15(23-19-17)8-9-16(22)20(3)10-11-21/h4-7,12,21H,8-11H2,1-3H3. The Bertz CT molecular complexity index is 635. The Morgan fingerprint density at radius 2 is 2.00 bits per heavy atom. The Morgan fingerprint density at radius 1 is 1.30 bits per heavy atom. The van der Waals surface area contributed by atoms with E-state index in [-0.39, 0.29) is 18.9 Å². The molecule has 1 N–H and O–H groups in total. The molecule has 0 saturated heterocycles. The van der Waals surface area contributed by atoms with Gasteiger partial charge in [0.1, 0.15) is 0 Å². The molecule has 0 saturated carbocycles. The van der Waals surface area contributed by atoms with Gasteiger partial charge in [-0.25, -0.2) is 0 Å². The highest BCUT2D eigenvalue weighted by Gasteiger charge is 2.13. The number of carbonyl (C=O) groups is 1. The van der Waals surface area contributed by atoms with E-state index in [1.807, 2.05) is 12.1 Å². The third-order valence-electron chi connectivity index (χ3n) is 3.72. The van der Waals surface area contributed by atoms with E-state index in [2.05, 4.69) is 36.1 Å². The molecule has 23 heavy (non-hydrogen) atoms. The zero-order chi connectivity index (χ0) is 16.8. The van der Waals surface area contributed by atoms with Crippen molar-refractivity contribution in [1.29, 1.82) is 0 Å². The molecule has 1 aromatic heterocycles. The van der Waals surface area contributed by atoms with Crippen molar-refractivity contribution in [1.82, 2.24) is 15.0 Å². The highest BCUT2D eigenvalue weighted by molar-refractivity contribution is 5.76. The molecule has 2 aromatic rings. The van der Waals surface area contributed by atoms with E-state index in [0.717, 1.165) is 5.56 Å². The average molecular weight is 317 g/mol. The predicted octanol–water partition coefficient (Wildman–Crippen LogP) is 2.24. The molecule has 0 atom stereocenters. The Balaban J connectivity index is 1.96. The van der Waals surface area contributed by atoms with E-state index < -0.39 is 0 Å². The van der Waals surface area contributed by atoms with Gasteiger partial charge in [-0.15, -0.1) is 0 Å². The predicted molar refractivity (Wildman–Crippen MR) is 86.9 cm³/mol. The van der Waals surface area contributed by atoms with E-state index in [4.69, 9.17) is 9.63 Å². The van der Waals surface area contributed by atoms with Gasteiger partial charge in [-0.05, 0) is 11.5 Å². The van der Waals surface area contributed by atoms with Crippen molar-refractivity contribution in [2.24, 2.45) is 0 Å². The zero-order valence-electron chi connectivity index (χ0n) is 13.8. The van der Waals surface area contributed by atoms with Crippen LogP contribution in [0.2, 0.25) is 0 Å². The van der Waals surface area contributed by atoms with E-state index in [9.17, 15) is 4.79 Å². The van der Waals surface area contributed by atoms with Crippen LogP contribution in [0.3, 0.4) is 0 Å². The van der Waals surface area contributed by atoms with Gasteiger partial charge in [-0.2, -0.15) is 4.98 Å². The Hall–Kier alpha value is -2.21. The smallest absolute Gasteiger partial charge is 0.227 e. The molecule has 1 amide bonds. The van der Waals surface area contributed by atoms with Crippen molar-refractivity contribution in [3.63, 3.8) is 0 Å². The molecule has 0 aliphatic rings. The molecule has 0 unspecified atom stereocenters. The van der Waals surface area contributed by atoms with Crippen molar-refractivity contribution in [3.8, 4) is 11.4 Å². The molecule has 0 radical (unpaired) electrons. The molecule has 1 aromatic carbocycles. The van der Waals surface area contributed by atoms with Crippen LogP contribution in [0.5, 0.6) is 0 Å². The molecule has 124 valence electrons. The molecular weight excluding hydrogens is 294 g/mol. The fraction of sp³-hybridized carbons (Fsp3) is 0.471. The van der Waals surface area contributed by atoms with E-state index in [0.29, 0.717) is 30.6 Å². The third kappa shape index (κ3) is 4.63. The number of aliphatic hydroxyl groups is 1. The van der Waals surface area contributed by atoms with Gasteiger partial charge < -0.3 is 14.5 Å². The topological polar surface area (TPSA) is 79.5 Å². The highest BCUT2D eigenvalue weighted by atomic mass is 16.5. The zero-order valence-corrected chi connectivity index (χ0v) is 13.8. The quantitative estimate of drug-likeness (QED) is 0.847. The van der Waals surface area contributed by atoms with Gasteiger partial charge in [-0.3, -0.25) is 4.79 Å². The summed E-state index contributed by atoms with van der Waals surface area (Å²) >= 11 is 0. The first-order chi connectivity index (χ1) is 11.0. The number of likely N-dealkylation sites (N-methyl/N-ethyl adjacent to an activating group) is 1. The largest absolute Gasteiger partial charge is 0.395 e. The van der Waals surface area contributed by atoms with Crippen LogP contribution in [-0.2, 0) is 11.2 Å². The lowest BCUT2D eigenvalue weighted by molar-refractivity contribution is -0.130. The SMILES string of the molecule is CC(C)c1ccc(-c2noc(CCC(=O)N(C)CCO)n2)cc1. The summed E-state index contributed by atoms with van der Waals surface area (Å²) in [6.07, 6.45) is 0.677. The van der Waals surface area contributed by atoms with Crippen LogP contribution in [0.25, 0.3) is 11.4 Å². The van der Waals surface area contributed by atoms with Gasteiger partial charge >= 0.3 is 0 Å². The van der Waals surface area contributed by atoms with Gasteiger partial charge in [0.2, 0.25) is 17.6 Å². The number of hydrogen-bond donors (Lipinski definition) is 1. The van der Waals surface area contributed by atoms with Crippen molar-refractivity contribution >= 4 is 5.91 Å². The second-order valence-electron chi connectivity index (χ2n) is 5.83. The van der Waals surface area contributed by atoms with E-state index in [1.165, 1.54) is 10.5 Å². The number of rotatable bonds is 7. The minimum atomic E-state index is -0.0555. The summed E-state index contributed by atoms with van der Waals surface area (Å²) in [6, 6.07) is 8.07. The normalized spacial score (nSPS) is 11.0. The molecule has 0 aliphatic carbocycles. The molecular formula is C17H23N3O3. The number of aryl methyl sites for hydroxylation is 1. The number of carbonyl (C=O) groups excluding carboxylic acids is 1. The Kier molecular flexibility index (Phi) is 5.87. The average Bonchev–Trinajstić information content (AvgIpc) is 3.01. The van der Waals surface area contributed by atoms with Gasteiger partial charge in [-0.1, -0.05) is 43.3 Å². The maximum Gasteiger partial charge on any atom is 0.227 e. The second kappa shape index (κ2) is 7.87. The second-order valence-corrected chi connectivity index (χ2v) is 5.83. The summed E-state index contributed by atoms with van der Waals surface area (Å²) in [5.74, 6) is 1.40. The van der Waals surface area contributed by atoms with Crippen molar-refractivity contribution in [3.05, 3.63) is 35.7 Å². The summed E-state index contributed by atoms with van der Waals surface area (Å²) in [5.41, 5.74) is 2.16. The lowest BCUT2D eigenvalue weighted by Crippen LogP contribution is -2.29. The Labute approximate surface area is 136 Å². The summed E-state index contributed by atoms with van der Waals surface area (Å²) in [5, 5.41) is 12.8. The molecule has 0 spiro atoms. The number of aliphatic hydroxyl groups excluding tert-OH is 1. The highest BCUT2D eigenvalue weighted by Crippen LogP contribution is 2.20. The summed E-state index contributed by atoms with van der Waals surface area (Å²) in [6.45, 7) is 4.58. The molecule has 6 nitrogen and oxygen atoms in total. The fourth-order valence-corrected chi connectivity index (χ4v) is 2.17. The van der Waals surface area contributed by atoms with Crippen LogP contribution >= 0.6 is 0 Å². The number of hydrogen-bond acceptors (Lipinski definition) is 5. The number of benzene rings is 1. The van der Waals surface area contributed by atoms with E-state index >= 15 is 0 Å². The lowest BCUT2D eigenvalue weighted by atomic mass is 10.0. The first-order valence-electron chi connectivity index (χ1n) is 7.79. The van der Waals surface area contributed by atoms with Crippen molar-refractivity contribution in [2.75, 3.05) is 20.2 Å². The first-order valence-corrected chi connectivity index (χ1v) is 7.79. The summed E-state index contributed by atoms with van der Waals surface area (Å²) in [4.78, 5) is 17.6. The Morgan fingerprint density at radius 3 is 2.61 bits per heavy atom. The number of nitrogens with zero attached hydrogens (tertiary/aromatic N) is 3.